The topological polar surface area (TPSA) is 131 Å². The lowest BCUT2D eigenvalue weighted by Gasteiger charge is -2.14. The van der Waals surface area contributed by atoms with Crippen molar-refractivity contribution in [2.24, 2.45) is 7.05 Å². The summed E-state index contributed by atoms with van der Waals surface area (Å²) in [5.74, 6) is -1.92. The third kappa shape index (κ3) is 4.06. The number of carboxylic acid groups (broad SMARTS) is 1. The number of aromatic carboxylic acids is 1. The number of nitrogens with one attached hydrogen (secondary N) is 2. The van der Waals surface area contributed by atoms with E-state index in [0.717, 1.165) is 4.68 Å². The van der Waals surface area contributed by atoms with E-state index in [1.165, 1.54) is 16.9 Å². The van der Waals surface area contributed by atoms with Crippen molar-refractivity contribution >= 4 is 29.2 Å². The van der Waals surface area contributed by atoms with Crippen molar-refractivity contribution < 1.29 is 19.5 Å². The second kappa shape index (κ2) is 7.74. The molecule has 0 bridgehead atoms. The summed E-state index contributed by atoms with van der Waals surface area (Å²) in [4.78, 5) is 35.6. The summed E-state index contributed by atoms with van der Waals surface area (Å²) in [5, 5.41) is 22.5. The van der Waals surface area contributed by atoms with Gasteiger partial charge < -0.3 is 15.7 Å². The van der Waals surface area contributed by atoms with E-state index in [2.05, 4.69) is 20.8 Å². The number of aryl methyl sites for hydroxylation is 1. The Kier molecular flexibility index (Phi) is 5.21. The van der Waals surface area contributed by atoms with Gasteiger partial charge in [-0.2, -0.15) is 10.2 Å². The van der Waals surface area contributed by atoms with Crippen LogP contribution in [-0.4, -0.2) is 42.5 Å². The summed E-state index contributed by atoms with van der Waals surface area (Å²) in [5.41, 5.74) is 1.26. The fourth-order valence-electron chi connectivity index (χ4n) is 2.52. The molecule has 1 atom stereocenters. The monoisotopic (exact) mass is 382 g/mol. The molecule has 2 heterocycles. The molecule has 0 aliphatic carbocycles. The molecule has 1 unspecified atom stereocenters. The number of aromatic nitrogens is 4. The van der Waals surface area contributed by atoms with Crippen LogP contribution < -0.4 is 10.6 Å². The maximum Gasteiger partial charge on any atom is 0.354 e. The predicted octanol–water partition coefficient (Wildman–Crippen LogP) is 1.77. The predicted molar refractivity (Wildman–Crippen MR) is 100 cm³/mol. The summed E-state index contributed by atoms with van der Waals surface area (Å²) >= 11 is 0. The van der Waals surface area contributed by atoms with Gasteiger partial charge in [0, 0.05) is 30.8 Å². The number of nitrogens with zero attached hydrogens (tertiary/aromatic N) is 4. The molecule has 0 saturated carbocycles. The molecule has 28 heavy (non-hydrogen) atoms. The largest absolute Gasteiger partial charge is 0.477 e. The van der Waals surface area contributed by atoms with Crippen LogP contribution in [0.5, 0.6) is 0 Å². The van der Waals surface area contributed by atoms with Crippen LogP contribution in [-0.2, 0) is 11.8 Å². The molecular formula is C18H18N6O4. The lowest BCUT2D eigenvalue weighted by atomic mass is 10.2. The highest BCUT2D eigenvalue weighted by Crippen LogP contribution is 2.17. The summed E-state index contributed by atoms with van der Waals surface area (Å²) in [6.45, 7) is 1.55. The van der Waals surface area contributed by atoms with E-state index in [-0.39, 0.29) is 11.6 Å². The van der Waals surface area contributed by atoms with Gasteiger partial charge in [-0.25, -0.2) is 9.48 Å². The van der Waals surface area contributed by atoms with Crippen LogP contribution in [0, 0.1) is 0 Å². The zero-order valence-electron chi connectivity index (χ0n) is 15.2. The first-order valence-electron chi connectivity index (χ1n) is 8.34. The molecule has 3 aromatic rings. The Labute approximate surface area is 159 Å². The molecule has 144 valence electrons. The average molecular weight is 382 g/mol. The Morgan fingerprint density at radius 3 is 2.25 bits per heavy atom. The van der Waals surface area contributed by atoms with Gasteiger partial charge in [0.05, 0.1) is 0 Å². The standard InChI is InChI=1S/C18H18N6O4/c1-11(24-15(18(27)28)7-9-19-24)16(25)20-12-3-5-13(6-4-12)21-17(26)14-8-10-23(2)22-14/h3-11H,1-2H3,(H,20,25)(H,21,26)(H,27,28). The van der Waals surface area contributed by atoms with E-state index >= 15 is 0 Å². The van der Waals surface area contributed by atoms with E-state index in [1.807, 2.05) is 0 Å². The molecule has 0 aliphatic heterocycles. The molecular weight excluding hydrogens is 364 g/mol. The second-order valence-corrected chi connectivity index (χ2v) is 6.04. The van der Waals surface area contributed by atoms with Crippen LogP contribution in [0.1, 0.15) is 33.9 Å². The number of hydrogen-bond acceptors (Lipinski definition) is 5. The number of carboxylic acids is 1. The summed E-state index contributed by atoms with van der Waals surface area (Å²) in [7, 11) is 1.72. The Bertz CT molecular complexity index is 1020. The average Bonchev–Trinajstić information content (AvgIpc) is 3.31. The molecule has 0 radical (unpaired) electrons. The minimum Gasteiger partial charge on any atom is -0.477 e. The lowest BCUT2D eigenvalue weighted by Crippen LogP contribution is -2.26. The molecule has 0 aliphatic rings. The number of hydrogen-bond donors (Lipinski definition) is 3. The van der Waals surface area contributed by atoms with E-state index in [4.69, 9.17) is 5.11 Å². The minimum absolute atomic E-state index is 0.0739. The molecule has 1 aromatic carbocycles. The van der Waals surface area contributed by atoms with Crippen LogP contribution in [0.4, 0.5) is 11.4 Å². The summed E-state index contributed by atoms with van der Waals surface area (Å²) in [6, 6.07) is 8.64. The maximum atomic E-state index is 12.4. The Morgan fingerprint density at radius 2 is 1.68 bits per heavy atom. The van der Waals surface area contributed by atoms with E-state index in [9.17, 15) is 14.4 Å². The van der Waals surface area contributed by atoms with Crippen LogP contribution in [0.3, 0.4) is 0 Å². The zero-order valence-corrected chi connectivity index (χ0v) is 15.2. The highest BCUT2D eigenvalue weighted by molar-refractivity contribution is 6.03. The number of anilines is 2. The molecule has 3 rings (SSSR count). The number of rotatable bonds is 6. The molecule has 0 spiro atoms. The van der Waals surface area contributed by atoms with E-state index in [1.54, 1.807) is 50.5 Å². The molecule has 2 aromatic heterocycles. The van der Waals surface area contributed by atoms with E-state index in [0.29, 0.717) is 17.1 Å². The van der Waals surface area contributed by atoms with Gasteiger partial charge in [0.2, 0.25) is 5.91 Å². The summed E-state index contributed by atoms with van der Waals surface area (Å²) in [6.07, 6.45) is 3.00. The highest BCUT2D eigenvalue weighted by atomic mass is 16.4. The van der Waals surface area contributed by atoms with Crippen molar-refractivity contribution in [3.05, 3.63) is 60.2 Å². The fourth-order valence-corrected chi connectivity index (χ4v) is 2.52. The molecule has 10 nitrogen and oxygen atoms in total. The van der Waals surface area contributed by atoms with Crippen LogP contribution in [0.15, 0.2) is 48.8 Å². The van der Waals surface area contributed by atoms with Gasteiger partial charge in [0.1, 0.15) is 11.7 Å². The van der Waals surface area contributed by atoms with Crippen LogP contribution in [0.25, 0.3) is 0 Å². The normalized spacial score (nSPS) is 11.6. The quantitative estimate of drug-likeness (QED) is 0.595. The van der Waals surface area contributed by atoms with Gasteiger partial charge in [-0.3, -0.25) is 14.3 Å². The van der Waals surface area contributed by atoms with Crippen molar-refractivity contribution in [2.75, 3.05) is 10.6 Å². The smallest absolute Gasteiger partial charge is 0.354 e. The zero-order chi connectivity index (χ0) is 20.3. The van der Waals surface area contributed by atoms with Crippen molar-refractivity contribution in [1.82, 2.24) is 19.6 Å². The van der Waals surface area contributed by atoms with Gasteiger partial charge in [-0.15, -0.1) is 0 Å². The molecule has 2 amide bonds. The van der Waals surface area contributed by atoms with Gasteiger partial charge in [-0.1, -0.05) is 0 Å². The van der Waals surface area contributed by atoms with Gasteiger partial charge in [0.25, 0.3) is 5.91 Å². The highest BCUT2D eigenvalue weighted by Gasteiger charge is 2.21. The SMILES string of the molecule is CC(C(=O)Nc1ccc(NC(=O)c2ccn(C)n2)cc1)n1nccc1C(=O)O. The third-order valence-electron chi connectivity index (χ3n) is 3.99. The number of amides is 2. The molecule has 0 saturated heterocycles. The van der Waals surface area contributed by atoms with Crippen molar-refractivity contribution in [2.45, 2.75) is 13.0 Å². The third-order valence-corrected chi connectivity index (χ3v) is 3.99. The number of benzene rings is 1. The Morgan fingerprint density at radius 1 is 1.04 bits per heavy atom. The lowest BCUT2D eigenvalue weighted by molar-refractivity contribution is -0.119. The fraction of sp³-hybridized carbons (Fsp3) is 0.167. The number of carbonyl (C=O) groups is 3. The number of carbonyl (C=O) groups excluding carboxylic acids is 2. The van der Waals surface area contributed by atoms with Gasteiger partial charge in [0.15, 0.2) is 5.69 Å². The molecule has 3 N–H and O–H groups in total. The molecule has 10 heteroatoms. The molecule has 0 fully saturated rings. The van der Waals surface area contributed by atoms with E-state index < -0.39 is 17.9 Å². The summed E-state index contributed by atoms with van der Waals surface area (Å²) < 4.78 is 2.67. The first kappa shape index (κ1) is 18.8. The van der Waals surface area contributed by atoms with Crippen LogP contribution >= 0.6 is 0 Å². The first-order chi connectivity index (χ1) is 13.3. The van der Waals surface area contributed by atoms with Gasteiger partial charge in [-0.05, 0) is 43.3 Å². The van der Waals surface area contributed by atoms with Crippen molar-refractivity contribution in [3.8, 4) is 0 Å². The van der Waals surface area contributed by atoms with Gasteiger partial charge >= 0.3 is 5.97 Å². The first-order valence-corrected chi connectivity index (χ1v) is 8.34. The second-order valence-electron chi connectivity index (χ2n) is 6.04. The Hall–Kier alpha value is -3.95. The Balaban J connectivity index is 1.63. The van der Waals surface area contributed by atoms with Crippen LogP contribution in [0.2, 0.25) is 0 Å². The van der Waals surface area contributed by atoms with Crippen molar-refractivity contribution in [1.29, 1.82) is 0 Å². The van der Waals surface area contributed by atoms with Crippen molar-refractivity contribution in [3.63, 3.8) is 0 Å². The maximum absolute atomic E-state index is 12.4. The minimum atomic E-state index is -1.16.